The molecule has 2 aromatic heterocycles. The van der Waals surface area contributed by atoms with Crippen LogP contribution in [0.25, 0.3) is 22.0 Å². The fraction of sp³-hybridized carbons (Fsp3) is 0.211. The minimum atomic E-state index is -1.32. The van der Waals surface area contributed by atoms with Crippen molar-refractivity contribution in [2.75, 3.05) is 0 Å². The molecule has 0 aliphatic carbocycles. The third-order valence-electron chi connectivity index (χ3n) is 4.13. The van der Waals surface area contributed by atoms with Crippen molar-refractivity contribution >= 4 is 16.9 Å². The summed E-state index contributed by atoms with van der Waals surface area (Å²) in [6, 6.07) is 6.26. The molecule has 0 spiro atoms. The first kappa shape index (κ1) is 16.8. The van der Waals surface area contributed by atoms with Crippen LogP contribution in [0.3, 0.4) is 0 Å². The van der Waals surface area contributed by atoms with Gasteiger partial charge < -0.3 is 9.67 Å². The molecule has 0 aliphatic heterocycles. The van der Waals surface area contributed by atoms with Gasteiger partial charge in [-0.25, -0.2) is 9.18 Å². The number of carboxylic acids is 1. The van der Waals surface area contributed by atoms with Gasteiger partial charge in [0.1, 0.15) is 11.4 Å². The zero-order valence-electron chi connectivity index (χ0n) is 14.1. The first-order valence-corrected chi connectivity index (χ1v) is 7.87. The van der Waals surface area contributed by atoms with E-state index in [4.69, 9.17) is 0 Å². The van der Waals surface area contributed by atoms with Crippen LogP contribution in [-0.4, -0.2) is 20.6 Å². The predicted molar refractivity (Wildman–Crippen MR) is 93.5 cm³/mol. The normalized spacial score (nSPS) is 11.0. The van der Waals surface area contributed by atoms with Crippen LogP contribution in [0.4, 0.5) is 4.39 Å². The number of pyridine rings is 2. The second kappa shape index (κ2) is 6.12. The maximum Gasteiger partial charge on any atom is 0.341 e. The van der Waals surface area contributed by atoms with Gasteiger partial charge in [-0.2, -0.15) is 0 Å². The van der Waals surface area contributed by atoms with Crippen LogP contribution in [0, 0.1) is 19.7 Å². The molecule has 6 heteroatoms. The molecule has 0 amide bonds. The summed E-state index contributed by atoms with van der Waals surface area (Å²) in [5.41, 5.74) is 2.01. The van der Waals surface area contributed by atoms with Gasteiger partial charge >= 0.3 is 5.97 Å². The first-order valence-electron chi connectivity index (χ1n) is 7.87. The summed E-state index contributed by atoms with van der Waals surface area (Å²) in [7, 11) is 0. The Kier molecular flexibility index (Phi) is 4.12. The molecule has 0 unspecified atom stereocenters. The number of hydrogen-bond acceptors (Lipinski definition) is 3. The maximum atomic E-state index is 14.7. The molecule has 0 aliphatic rings. The molecular formula is C19H17FN2O3. The molecule has 0 atom stereocenters. The van der Waals surface area contributed by atoms with Crippen LogP contribution in [0.2, 0.25) is 0 Å². The highest BCUT2D eigenvalue weighted by molar-refractivity contribution is 5.94. The van der Waals surface area contributed by atoms with Crippen LogP contribution in [-0.2, 0) is 6.54 Å². The topological polar surface area (TPSA) is 72.2 Å². The van der Waals surface area contributed by atoms with Crippen molar-refractivity contribution in [1.82, 2.24) is 9.55 Å². The molecule has 1 N–H and O–H groups in total. The molecule has 1 aromatic carbocycles. The van der Waals surface area contributed by atoms with Gasteiger partial charge in [-0.1, -0.05) is 0 Å². The standard InChI is InChI=1S/C19H17FN2O3/c1-4-22-9-15(19(24)25)18(23)14-7-16(20)13(8-17(14)22)12-5-10(2)21-11(3)6-12/h5-9H,4H2,1-3H3,(H,24,25). The molecule has 0 radical (unpaired) electrons. The van der Waals surface area contributed by atoms with Crippen molar-refractivity contribution in [3.05, 3.63) is 63.5 Å². The van der Waals surface area contributed by atoms with Crippen molar-refractivity contribution in [3.63, 3.8) is 0 Å². The Morgan fingerprint density at radius 3 is 2.40 bits per heavy atom. The number of rotatable bonds is 3. The lowest BCUT2D eigenvalue weighted by Gasteiger charge is -2.13. The highest BCUT2D eigenvalue weighted by Crippen LogP contribution is 2.28. The van der Waals surface area contributed by atoms with Crippen LogP contribution in [0.15, 0.2) is 35.3 Å². The van der Waals surface area contributed by atoms with Gasteiger partial charge in [0, 0.05) is 35.1 Å². The largest absolute Gasteiger partial charge is 0.477 e. The first-order chi connectivity index (χ1) is 11.8. The van der Waals surface area contributed by atoms with Crippen molar-refractivity contribution in [2.45, 2.75) is 27.3 Å². The van der Waals surface area contributed by atoms with E-state index in [0.29, 0.717) is 23.2 Å². The Labute approximate surface area is 143 Å². The molecule has 2 heterocycles. The van der Waals surface area contributed by atoms with Gasteiger partial charge in [-0.3, -0.25) is 9.78 Å². The maximum absolute atomic E-state index is 14.7. The van der Waals surface area contributed by atoms with Gasteiger partial charge in [0.25, 0.3) is 0 Å². The van der Waals surface area contributed by atoms with E-state index >= 15 is 0 Å². The van der Waals surface area contributed by atoms with Crippen LogP contribution in [0.1, 0.15) is 28.7 Å². The quantitative estimate of drug-likeness (QED) is 0.791. The average molecular weight is 340 g/mol. The number of nitrogens with zero attached hydrogens (tertiary/aromatic N) is 2. The van der Waals surface area contributed by atoms with Crippen LogP contribution in [0.5, 0.6) is 0 Å². The number of aromatic nitrogens is 2. The zero-order chi connectivity index (χ0) is 18.3. The minimum absolute atomic E-state index is 0.0606. The van der Waals surface area contributed by atoms with E-state index in [9.17, 15) is 19.1 Å². The molecule has 0 bridgehead atoms. The Hall–Kier alpha value is -3.02. The molecule has 128 valence electrons. The third kappa shape index (κ3) is 2.91. The Bertz CT molecular complexity index is 1050. The van der Waals surface area contributed by atoms with E-state index < -0.39 is 17.2 Å². The number of aromatic carboxylic acids is 1. The van der Waals surface area contributed by atoms with Crippen molar-refractivity contribution in [1.29, 1.82) is 0 Å². The molecule has 25 heavy (non-hydrogen) atoms. The number of aryl methyl sites for hydroxylation is 3. The van der Waals surface area contributed by atoms with E-state index in [1.807, 2.05) is 20.8 Å². The lowest BCUT2D eigenvalue weighted by atomic mass is 10.0. The summed E-state index contributed by atoms with van der Waals surface area (Å²) in [5, 5.41) is 9.25. The van der Waals surface area contributed by atoms with E-state index in [1.165, 1.54) is 6.20 Å². The Morgan fingerprint density at radius 1 is 1.20 bits per heavy atom. The van der Waals surface area contributed by atoms with Gasteiger partial charge in [0.2, 0.25) is 5.43 Å². The summed E-state index contributed by atoms with van der Waals surface area (Å²) in [5.74, 6) is -1.89. The monoisotopic (exact) mass is 340 g/mol. The van der Waals surface area contributed by atoms with Crippen molar-refractivity contribution in [2.24, 2.45) is 0 Å². The zero-order valence-corrected chi connectivity index (χ0v) is 14.1. The van der Waals surface area contributed by atoms with E-state index in [0.717, 1.165) is 17.5 Å². The Morgan fingerprint density at radius 2 is 1.84 bits per heavy atom. The fourth-order valence-corrected chi connectivity index (χ4v) is 3.04. The third-order valence-corrected chi connectivity index (χ3v) is 4.13. The van der Waals surface area contributed by atoms with Crippen LogP contribution >= 0.6 is 0 Å². The highest BCUT2D eigenvalue weighted by Gasteiger charge is 2.17. The number of benzene rings is 1. The van der Waals surface area contributed by atoms with E-state index in [2.05, 4.69) is 4.98 Å². The highest BCUT2D eigenvalue weighted by atomic mass is 19.1. The number of halogens is 1. The molecule has 5 nitrogen and oxygen atoms in total. The molecular weight excluding hydrogens is 323 g/mol. The minimum Gasteiger partial charge on any atom is -0.477 e. The summed E-state index contributed by atoms with van der Waals surface area (Å²) >= 11 is 0. The molecule has 3 aromatic rings. The number of carboxylic acid groups (broad SMARTS) is 1. The van der Waals surface area contributed by atoms with Gasteiger partial charge in [-0.05, 0) is 50.6 Å². The lowest BCUT2D eigenvalue weighted by molar-refractivity contribution is 0.0695. The fourth-order valence-electron chi connectivity index (χ4n) is 3.04. The second-order valence-electron chi connectivity index (χ2n) is 5.95. The van der Waals surface area contributed by atoms with E-state index in [1.54, 1.807) is 22.8 Å². The number of hydrogen-bond donors (Lipinski definition) is 1. The molecule has 0 saturated heterocycles. The van der Waals surface area contributed by atoms with Gasteiger partial charge in [0.15, 0.2) is 0 Å². The summed E-state index contributed by atoms with van der Waals surface area (Å²) < 4.78 is 16.3. The molecule has 0 saturated carbocycles. The second-order valence-corrected chi connectivity index (χ2v) is 5.95. The van der Waals surface area contributed by atoms with E-state index in [-0.39, 0.29) is 10.9 Å². The van der Waals surface area contributed by atoms with Crippen molar-refractivity contribution in [3.8, 4) is 11.1 Å². The molecule has 3 rings (SSSR count). The van der Waals surface area contributed by atoms with Crippen LogP contribution < -0.4 is 5.43 Å². The summed E-state index contributed by atoms with van der Waals surface area (Å²) in [4.78, 5) is 27.9. The number of fused-ring (bicyclic) bond motifs is 1. The average Bonchev–Trinajstić information content (AvgIpc) is 2.54. The van der Waals surface area contributed by atoms with Crippen molar-refractivity contribution < 1.29 is 14.3 Å². The van der Waals surface area contributed by atoms with Gasteiger partial charge in [-0.15, -0.1) is 0 Å². The molecule has 0 fully saturated rings. The summed E-state index contributed by atoms with van der Waals surface area (Å²) in [6.45, 7) is 5.95. The lowest BCUT2D eigenvalue weighted by Crippen LogP contribution is -2.19. The predicted octanol–water partition coefficient (Wildman–Crippen LogP) is 3.54. The SMILES string of the molecule is CCn1cc(C(=O)O)c(=O)c2cc(F)c(-c3cc(C)nc(C)c3)cc21. The Balaban J connectivity index is 2.38. The smallest absolute Gasteiger partial charge is 0.341 e. The summed E-state index contributed by atoms with van der Waals surface area (Å²) in [6.07, 6.45) is 1.30. The number of carbonyl (C=O) groups is 1. The van der Waals surface area contributed by atoms with Gasteiger partial charge in [0.05, 0.1) is 5.52 Å².